The van der Waals surface area contributed by atoms with Crippen molar-refractivity contribution in [3.63, 3.8) is 0 Å². The van der Waals surface area contributed by atoms with Crippen molar-refractivity contribution in [3.05, 3.63) is 92.4 Å². The zero-order valence-electron chi connectivity index (χ0n) is 10.9. The maximum atomic E-state index is 10.9. The van der Waals surface area contributed by atoms with Gasteiger partial charge in [0.15, 0.2) is 0 Å². The molecule has 0 saturated heterocycles. The van der Waals surface area contributed by atoms with Crippen molar-refractivity contribution in [2.24, 2.45) is 0 Å². The third-order valence-corrected chi connectivity index (χ3v) is 2.82. The minimum atomic E-state index is -0.468. The van der Waals surface area contributed by atoms with Gasteiger partial charge in [-0.2, -0.15) is 0 Å². The van der Waals surface area contributed by atoms with Gasteiger partial charge in [0, 0.05) is 24.1 Å². The first-order chi connectivity index (χ1) is 10.1. The molecule has 2 aromatic carbocycles. The molecule has 0 bridgehead atoms. The summed E-state index contributed by atoms with van der Waals surface area (Å²) < 4.78 is 0. The number of para-hydroxylation sites is 2. The van der Waals surface area contributed by atoms with Crippen molar-refractivity contribution in [3.8, 4) is 0 Å². The van der Waals surface area contributed by atoms with E-state index in [1.54, 1.807) is 55.0 Å². The van der Waals surface area contributed by atoms with Gasteiger partial charge in [0.05, 0.1) is 15.4 Å². The molecule has 0 unspecified atom stereocenters. The van der Waals surface area contributed by atoms with Crippen LogP contribution in [0.25, 0.3) is 6.08 Å². The molecule has 2 aromatic rings. The number of rotatable bonds is 5. The van der Waals surface area contributed by atoms with E-state index in [1.165, 1.54) is 12.1 Å². The zero-order chi connectivity index (χ0) is 15.2. The second-order valence-corrected chi connectivity index (χ2v) is 4.16. The average molecular weight is 283 g/mol. The van der Waals surface area contributed by atoms with Crippen molar-refractivity contribution >= 4 is 17.5 Å². The molecule has 0 atom stereocenters. The van der Waals surface area contributed by atoms with E-state index >= 15 is 0 Å². The molecule has 0 aromatic heterocycles. The van der Waals surface area contributed by atoms with E-state index in [4.69, 9.17) is 0 Å². The van der Waals surface area contributed by atoms with Gasteiger partial charge in [0.25, 0.3) is 11.4 Å². The SMILES string of the molecule is O=[N+]([O-])c1ccccc1[CH]C=Cc1ccccc1[N+](=O)[O-]. The summed E-state index contributed by atoms with van der Waals surface area (Å²) in [5, 5.41) is 21.7. The molecule has 6 heteroatoms. The standard InChI is InChI=1S/C15H11N2O4/c18-16(19)14-10-3-1-6-12(14)8-5-9-13-7-2-4-11-15(13)17(20)21/h1-11H. The summed E-state index contributed by atoms with van der Waals surface area (Å²) in [5.74, 6) is 0. The summed E-state index contributed by atoms with van der Waals surface area (Å²) in [6.45, 7) is 0. The van der Waals surface area contributed by atoms with Gasteiger partial charge in [-0.05, 0) is 6.07 Å². The Labute approximate surface area is 120 Å². The van der Waals surface area contributed by atoms with Gasteiger partial charge in [0.2, 0.25) is 0 Å². The lowest BCUT2D eigenvalue weighted by Crippen LogP contribution is -1.93. The van der Waals surface area contributed by atoms with Crippen LogP contribution in [0.1, 0.15) is 11.1 Å². The summed E-state index contributed by atoms with van der Waals surface area (Å²) in [6.07, 6.45) is 4.66. The number of hydrogen-bond donors (Lipinski definition) is 0. The van der Waals surface area contributed by atoms with Gasteiger partial charge in [-0.25, -0.2) is 0 Å². The molecule has 21 heavy (non-hydrogen) atoms. The van der Waals surface area contributed by atoms with Crippen LogP contribution in [0.15, 0.2) is 54.6 Å². The van der Waals surface area contributed by atoms with E-state index in [9.17, 15) is 20.2 Å². The number of nitro benzene ring substituents is 2. The number of nitrogens with zero attached hydrogens (tertiary/aromatic N) is 2. The number of hydrogen-bond acceptors (Lipinski definition) is 4. The van der Waals surface area contributed by atoms with Gasteiger partial charge >= 0.3 is 0 Å². The Balaban J connectivity index is 2.21. The van der Waals surface area contributed by atoms with Crippen molar-refractivity contribution in [2.45, 2.75) is 0 Å². The molecule has 0 aliphatic heterocycles. The maximum absolute atomic E-state index is 10.9. The largest absolute Gasteiger partial charge is 0.276 e. The van der Waals surface area contributed by atoms with Crippen molar-refractivity contribution in [1.82, 2.24) is 0 Å². The molecule has 0 saturated carbocycles. The van der Waals surface area contributed by atoms with Crippen LogP contribution in [0.5, 0.6) is 0 Å². The Morgan fingerprint density at radius 3 is 1.81 bits per heavy atom. The zero-order valence-corrected chi connectivity index (χ0v) is 10.9. The Kier molecular flexibility index (Phi) is 4.40. The molecule has 0 heterocycles. The number of nitro groups is 2. The van der Waals surface area contributed by atoms with Crippen molar-refractivity contribution < 1.29 is 9.85 Å². The van der Waals surface area contributed by atoms with Crippen molar-refractivity contribution in [1.29, 1.82) is 0 Å². The first kappa shape index (κ1) is 14.4. The molecule has 0 fully saturated rings. The van der Waals surface area contributed by atoms with Gasteiger partial charge in [-0.1, -0.05) is 42.5 Å². The van der Waals surface area contributed by atoms with E-state index in [0.29, 0.717) is 11.1 Å². The normalized spacial score (nSPS) is 10.7. The third kappa shape index (κ3) is 3.50. The number of allylic oxidation sites excluding steroid dienone is 1. The topological polar surface area (TPSA) is 86.3 Å². The molecule has 6 nitrogen and oxygen atoms in total. The molecule has 0 aliphatic carbocycles. The highest BCUT2D eigenvalue weighted by atomic mass is 16.6. The fourth-order valence-corrected chi connectivity index (χ4v) is 1.84. The Bertz CT molecular complexity index is 710. The summed E-state index contributed by atoms with van der Waals surface area (Å²) in [4.78, 5) is 20.8. The Morgan fingerprint density at radius 2 is 1.24 bits per heavy atom. The van der Waals surface area contributed by atoms with Crippen LogP contribution in [-0.4, -0.2) is 9.85 Å². The highest BCUT2D eigenvalue weighted by Crippen LogP contribution is 2.22. The van der Waals surface area contributed by atoms with E-state index in [-0.39, 0.29) is 11.4 Å². The highest BCUT2D eigenvalue weighted by Gasteiger charge is 2.12. The fourth-order valence-electron chi connectivity index (χ4n) is 1.84. The maximum Gasteiger partial charge on any atom is 0.276 e. The molecule has 2 rings (SSSR count). The predicted octanol–water partition coefficient (Wildman–Crippen LogP) is 3.77. The molecule has 0 N–H and O–H groups in total. The summed E-state index contributed by atoms with van der Waals surface area (Å²) in [7, 11) is 0. The van der Waals surface area contributed by atoms with Crippen LogP contribution >= 0.6 is 0 Å². The summed E-state index contributed by atoms with van der Waals surface area (Å²) in [5.41, 5.74) is 0.865. The molecule has 0 spiro atoms. The molecule has 0 aliphatic rings. The smallest absolute Gasteiger partial charge is 0.258 e. The van der Waals surface area contributed by atoms with Crippen LogP contribution < -0.4 is 0 Å². The quantitative estimate of drug-likeness (QED) is 0.617. The lowest BCUT2D eigenvalue weighted by atomic mass is 10.1. The van der Waals surface area contributed by atoms with Gasteiger partial charge in [-0.15, -0.1) is 0 Å². The molecule has 105 valence electrons. The van der Waals surface area contributed by atoms with Crippen LogP contribution in [0.3, 0.4) is 0 Å². The molecular formula is C15H11N2O4. The lowest BCUT2D eigenvalue weighted by Gasteiger charge is -1.99. The van der Waals surface area contributed by atoms with Gasteiger partial charge in [-0.3, -0.25) is 20.2 Å². The molecule has 0 amide bonds. The first-order valence-corrected chi connectivity index (χ1v) is 6.08. The first-order valence-electron chi connectivity index (χ1n) is 6.08. The fraction of sp³-hybridized carbons (Fsp3) is 0. The second-order valence-electron chi connectivity index (χ2n) is 4.16. The van der Waals surface area contributed by atoms with Gasteiger partial charge < -0.3 is 0 Å². The lowest BCUT2D eigenvalue weighted by molar-refractivity contribution is -0.385. The van der Waals surface area contributed by atoms with E-state index in [2.05, 4.69) is 0 Å². The van der Waals surface area contributed by atoms with Crippen LogP contribution in [0.4, 0.5) is 11.4 Å². The molecule has 1 radical (unpaired) electrons. The van der Waals surface area contributed by atoms with E-state index in [0.717, 1.165) is 0 Å². The van der Waals surface area contributed by atoms with Crippen molar-refractivity contribution in [2.75, 3.05) is 0 Å². The second kappa shape index (κ2) is 6.42. The summed E-state index contributed by atoms with van der Waals surface area (Å²) >= 11 is 0. The van der Waals surface area contributed by atoms with Crippen LogP contribution in [0.2, 0.25) is 0 Å². The van der Waals surface area contributed by atoms with E-state index in [1.807, 2.05) is 0 Å². The predicted molar refractivity (Wildman–Crippen MR) is 78.6 cm³/mol. The third-order valence-electron chi connectivity index (χ3n) is 2.82. The minimum absolute atomic E-state index is 0.00953. The monoisotopic (exact) mass is 283 g/mol. The summed E-state index contributed by atoms with van der Waals surface area (Å²) in [6, 6.07) is 12.6. The van der Waals surface area contributed by atoms with E-state index < -0.39 is 9.85 Å². The highest BCUT2D eigenvalue weighted by molar-refractivity contribution is 5.62. The van der Waals surface area contributed by atoms with Gasteiger partial charge in [0.1, 0.15) is 0 Å². The number of benzene rings is 2. The average Bonchev–Trinajstić information content (AvgIpc) is 2.48. The van der Waals surface area contributed by atoms with Crippen LogP contribution in [-0.2, 0) is 0 Å². The Morgan fingerprint density at radius 1 is 0.762 bits per heavy atom. The minimum Gasteiger partial charge on any atom is -0.258 e. The van der Waals surface area contributed by atoms with Crippen LogP contribution in [0, 0.1) is 26.6 Å². The molecular weight excluding hydrogens is 272 g/mol. The Hall–Kier alpha value is -3.02.